The molecule has 0 aliphatic rings. The smallest absolute Gasteiger partial charge is 0.0769 e. The number of rotatable bonds is 5. The Balaban J connectivity index is 2.65. The summed E-state index contributed by atoms with van der Waals surface area (Å²) in [4.78, 5) is 8.49. The molecule has 1 aromatic rings. The van der Waals surface area contributed by atoms with Crippen LogP contribution in [0.5, 0.6) is 0 Å². The fourth-order valence-corrected chi connectivity index (χ4v) is 1.29. The number of nitrogens with one attached hydrogen (secondary N) is 1. The first-order valence-electron chi connectivity index (χ1n) is 5.02. The van der Waals surface area contributed by atoms with Crippen LogP contribution in [0.4, 0.5) is 0 Å². The fourth-order valence-electron chi connectivity index (χ4n) is 1.29. The van der Waals surface area contributed by atoms with Gasteiger partial charge in [0.1, 0.15) is 0 Å². The van der Waals surface area contributed by atoms with Gasteiger partial charge in [-0.1, -0.05) is 5.57 Å². The van der Waals surface area contributed by atoms with Gasteiger partial charge in [0, 0.05) is 6.20 Å². The van der Waals surface area contributed by atoms with Gasteiger partial charge in [-0.15, -0.1) is 6.58 Å². The summed E-state index contributed by atoms with van der Waals surface area (Å²) in [5, 5.41) is 0. The Labute approximate surface area is 90.6 Å². The van der Waals surface area contributed by atoms with Gasteiger partial charge in [-0.2, -0.15) is 0 Å². The highest BCUT2D eigenvalue weighted by Gasteiger charge is 2.10. The molecule has 0 amide bonds. The Kier molecular flexibility index (Phi) is 4.39. The van der Waals surface area contributed by atoms with Crippen molar-refractivity contribution in [2.24, 2.45) is 5.84 Å². The van der Waals surface area contributed by atoms with Gasteiger partial charge in [0.15, 0.2) is 0 Å². The maximum Gasteiger partial charge on any atom is 0.0769 e. The second-order valence-electron chi connectivity index (χ2n) is 3.80. The number of aryl methyl sites for hydroxylation is 1. The number of aromatic nitrogens is 2. The minimum atomic E-state index is 0.0507. The molecule has 1 heterocycles. The third-order valence-electron chi connectivity index (χ3n) is 2.22. The summed E-state index contributed by atoms with van der Waals surface area (Å²) in [5.41, 5.74) is 5.69. The van der Waals surface area contributed by atoms with Crippen molar-refractivity contribution in [1.82, 2.24) is 15.4 Å². The van der Waals surface area contributed by atoms with E-state index in [-0.39, 0.29) is 6.04 Å². The summed E-state index contributed by atoms with van der Waals surface area (Å²) in [7, 11) is 0. The molecule has 0 radical (unpaired) electrons. The Bertz CT molecular complexity index is 318. The molecule has 0 fully saturated rings. The van der Waals surface area contributed by atoms with Crippen molar-refractivity contribution >= 4 is 0 Å². The van der Waals surface area contributed by atoms with E-state index in [1.54, 1.807) is 12.4 Å². The minimum absolute atomic E-state index is 0.0507. The van der Waals surface area contributed by atoms with Crippen molar-refractivity contribution in [2.45, 2.75) is 32.7 Å². The number of hydrogen-bond acceptors (Lipinski definition) is 4. The van der Waals surface area contributed by atoms with E-state index < -0.39 is 0 Å². The molecule has 3 N–H and O–H groups in total. The second-order valence-corrected chi connectivity index (χ2v) is 3.80. The summed E-state index contributed by atoms with van der Waals surface area (Å²) >= 11 is 0. The maximum atomic E-state index is 5.48. The van der Waals surface area contributed by atoms with Crippen LogP contribution in [0, 0.1) is 6.92 Å². The Morgan fingerprint density at radius 1 is 1.53 bits per heavy atom. The molecule has 0 aliphatic heterocycles. The Hall–Kier alpha value is -1.26. The largest absolute Gasteiger partial charge is 0.271 e. The summed E-state index contributed by atoms with van der Waals surface area (Å²) in [6.07, 6.45) is 5.34. The van der Waals surface area contributed by atoms with Crippen LogP contribution in [0.25, 0.3) is 0 Å². The fraction of sp³-hybridized carbons (Fsp3) is 0.455. The van der Waals surface area contributed by atoms with Crippen LogP contribution in [-0.2, 0) is 0 Å². The topological polar surface area (TPSA) is 63.8 Å². The van der Waals surface area contributed by atoms with E-state index in [0.29, 0.717) is 0 Å². The predicted molar refractivity (Wildman–Crippen MR) is 60.9 cm³/mol. The highest BCUT2D eigenvalue weighted by molar-refractivity contribution is 5.06. The number of allylic oxidation sites excluding steroid dienone is 1. The van der Waals surface area contributed by atoms with E-state index in [0.717, 1.165) is 29.8 Å². The normalized spacial score (nSPS) is 12.5. The zero-order valence-electron chi connectivity index (χ0n) is 9.33. The molecule has 4 nitrogen and oxygen atoms in total. The van der Waals surface area contributed by atoms with Gasteiger partial charge in [0.2, 0.25) is 0 Å². The van der Waals surface area contributed by atoms with Crippen molar-refractivity contribution in [2.75, 3.05) is 0 Å². The zero-order valence-corrected chi connectivity index (χ0v) is 9.33. The second kappa shape index (κ2) is 5.58. The molecule has 0 spiro atoms. The predicted octanol–water partition coefficient (Wildman–Crippen LogP) is 1.65. The summed E-state index contributed by atoms with van der Waals surface area (Å²) < 4.78 is 0. The molecule has 4 heteroatoms. The van der Waals surface area contributed by atoms with Gasteiger partial charge >= 0.3 is 0 Å². The van der Waals surface area contributed by atoms with Crippen LogP contribution in [0.15, 0.2) is 24.5 Å². The van der Waals surface area contributed by atoms with E-state index in [1.165, 1.54) is 0 Å². The van der Waals surface area contributed by atoms with E-state index in [9.17, 15) is 0 Å². The molecule has 15 heavy (non-hydrogen) atoms. The lowest BCUT2D eigenvalue weighted by Crippen LogP contribution is -2.28. The maximum absolute atomic E-state index is 5.48. The standard InChI is InChI=1S/C11H18N4/c1-8(2)4-5-10(15-12)11-7-13-9(3)6-14-11/h6-7,10,15H,1,4-5,12H2,2-3H3. The lowest BCUT2D eigenvalue weighted by atomic mass is 10.1. The summed E-state index contributed by atoms with van der Waals surface area (Å²) in [5.74, 6) is 5.48. The van der Waals surface area contributed by atoms with Crippen LogP contribution < -0.4 is 11.3 Å². The third-order valence-corrected chi connectivity index (χ3v) is 2.22. The van der Waals surface area contributed by atoms with E-state index in [1.807, 2.05) is 13.8 Å². The van der Waals surface area contributed by atoms with Gasteiger partial charge in [-0.05, 0) is 26.7 Å². The molecular weight excluding hydrogens is 188 g/mol. The molecule has 0 aromatic carbocycles. The van der Waals surface area contributed by atoms with Gasteiger partial charge in [0.05, 0.1) is 23.6 Å². The monoisotopic (exact) mass is 206 g/mol. The summed E-state index contributed by atoms with van der Waals surface area (Å²) in [6, 6.07) is 0.0507. The van der Waals surface area contributed by atoms with E-state index in [2.05, 4.69) is 22.0 Å². The molecule has 0 saturated heterocycles. The Morgan fingerprint density at radius 2 is 2.27 bits per heavy atom. The molecule has 1 rings (SSSR count). The molecule has 1 atom stereocenters. The quantitative estimate of drug-likeness (QED) is 0.437. The van der Waals surface area contributed by atoms with Crippen molar-refractivity contribution < 1.29 is 0 Å². The first kappa shape index (κ1) is 11.8. The van der Waals surface area contributed by atoms with Crippen molar-refractivity contribution in [3.05, 3.63) is 35.9 Å². The highest BCUT2D eigenvalue weighted by atomic mass is 15.2. The number of hydrazine groups is 1. The molecule has 82 valence electrons. The van der Waals surface area contributed by atoms with Crippen LogP contribution in [0.1, 0.15) is 37.2 Å². The van der Waals surface area contributed by atoms with Crippen LogP contribution in [0.2, 0.25) is 0 Å². The van der Waals surface area contributed by atoms with Crippen LogP contribution >= 0.6 is 0 Å². The number of nitrogens with zero attached hydrogens (tertiary/aromatic N) is 2. The molecular formula is C11H18N4. The van der Waals surface area contributed by atoms with Crippen molar-refractivity contribution in [3.63, 3.8) is 0 Å². The van der Waals surface area contributed by atoms with Gasteiger partial charge in [-0.3, -0.25) is 21.2 Å². The van der Waals surface area contributed by atoms with Gasteiger partial charge < -0.3 is 0 Å². The lowest BCUT2D eigenvalue weighted by Gasteiger charge is -2.14. The minimum Gasteiger partial charge on any atom is -0.271 e. The summed E-state index contributed by atoms with van der Waals surface area (Å²) in [6.45, 7) is 7.79. The zero-order chi connectivity index (χ0) is 11.3. The van der Waals surface area contributed by atoms with Crippen LogP contribution in [-0.4, -0.2) is 9.97 Å². The molecule has 0 saturated carbocycles. The molecule has 0 aliphatic carbocycles. The molecule has 1 unspecified atom stereocenters. The SMILES string of the molecule is C=C(C)CCC(NN)c1cnc(C)cn1. The van der Waals surface area contributed by atoms with Gasteiger partial charge in [0.25, 0.3) is 0 Å². The van der Waals surface area contributed by atoms with E-state index >= 15 is 0 Å². The van der Waals surface area contributed by atoms with Crippen molar-refractivity contribution in [1.29, 1.82) is 0 Å². The Morgan fingerprint density at radius 3 is 2.73 bits per heavy atom. The number of nitrogens with two attached hydrogens (primary N) is 1. The van der Waals surface area contributed by atoms with Gasteiger partial charge in [-0.25, -0.2) is 0 Å². The van der Waals surface area contributed by atoms with E-state index in [4.69, 9.17) is 5.84 Å². The highest BCUT2D eigenvalue weighted by Crippen LogP contribution is 2.16. The first-order valence-corrected chi connectivity index (χ1v) is 5.02. The number of hydrogen-bond donors (Lipinski definition) is 2. The molecule has 0 bridgehead atoms. The van der Waals surface area contributed by atoms with Crippen LogP contribution in [0.3, 0.4) is 0 Å². The van der Waals surface area contributed by atoms with Crippen molar-refractivity contribution in [3.8, 4) is 0 Å². The lowest BCUT2D eigenvalue weighted by molar-refractivity contribution is 0.502. The average Bonchev–Trinajstić information content (AvgIpc) is 2.21. The first-order chi connectivity index (χ1) is 7.13. The third kappa shape index (κ3) is 3.77. The molecule has 1 aromatic heterocycles. The average molecular weight is 206 g/mol.